The van der Waals surface area contributed by atoms with Gasteiger partial charge >= 0.3 is 0 Å². The van der Waals surface area contributed by atoms with Crippen molar-refractivity contribution in [3.8, 4) is 23.0 Å². The third-order valence-electron chi connectivity index (χ3n) is 4.45. The van der Waals surface area contributed by atoms with E-state index < -0.39 is 0 Å². The molecule has 2 aromatic carbocycles. The Kier molecular flexibility index (Phi) is 3.41. The van der Waals surface area contributed by atoms with E-state index in [0.717, 1.165) is 22.8 Å². The molecule has 5 rings (SSSR count). The van der Waals surface area contributed by atoms with Crippen LogP contribution in [0.4, 0.5) is 0 Å². The van der Waals surface area contributed by atoms with Gasteiger partial charge in [-0.2, -0.15) is 0 Å². The second kappa shape index (κ2) is 5.77. The van der Waals surface area contributed by atoms with Crippen LogP contribution in [0.2, 0.25) is 0 Å². The third kappa shape index (κ3) is 2.46. The molecule has 3 aliphatic rings. The van der Waals surface area contributed by atoms with Crippen molar-refractivity contribution in [1.82, 2.24) is 4.90 Å². The molecule has 1 unspecified atom stereocenters. The van der Waals surface area contributed by atoms with Gasteiger partial charge < -0.3 is 23.8 Å². The Hall–Kier alpha value is -2.54. The number of carbonyl (C=O) groups excluding carboxylic acids is 1. The smallest absolute Gasteiger partial charge is 0.255 e. The molecule has 1 saturated heterocycles. The van der Waals surface area contributed by atoms with Gasteiger partial charge in [0.05, 0.1) is 0 Å². The molecule has 1 fully saturated rings. The average Bonchev–Trinajstić information content (AvgIpc) is 3.38. The van der Waals surface area contributed by atoms with Gasteiger partial charge in [-0.1, -0.05) is 6.07 Å². The van der Waals surface area contributed by atoms with E-state index in [0.29, 0.717) is 23.6 Å². The summed E-state index contributed by atoms with van der Waals surface area (Å²) < 4.78 is 21.5. The third-order valence-corrected chi connectivity index (χ3v) is 5.71. The summed E-state index contributed by atoms with van der Waals surface area (Å²) in [6, 6.07) is 11.2. The molecular weight excluding hydrogens is 342 g/mol. The van der Waals surface area contributed by atoms with Crippen LogP contribution in [0.5, 0.6) is 23.0 Å². The number of nitrogens with zero attached hydrogens (tertiary/aromatic N) is 1. The van der Waals surface area contributed by atoms with Crippen LogP contribution < -0.4 is 18.9 Å². The first-order valence-corrected chi connectivity index (χ1v) is 9.06. The van der Waals surface area contributed by atoms with E-state index in [1.165, 1.54) is 0 Å². The van der Waals surface area contributed by atoms with Gasteiger partial charge in [0.15, 0.2) is 23.0 Å². The van der Waals surface area contributed by atoms with Crippen molar-refractivity contribution in [1.29, 1.82) is 0 Å². The number of carbonyl (C=O) groups is 1. The molecule has 0 N–H and O–H groups in total. The van der Waals surface area contributed by atoms with Crippen molar-refractivity contribution in [2.24, 2.45) is 0 Å². The fourth-order valence-corrected chi connectivity index (χ4v) is 4.46. The van der Waals surface area contributed by atoms with Crippen LogP contribution in [-0.2, 0) is 0 Å². The molecule has 3 aliphatic heterocycles. The number of fused-ring (bicyclic) bond motifs is 2. The van der Waals surface area contributed by atoms with Crippen LogP contribution in [-0.4, -0.2) is 36.7 Å². The number of ether oxygens (including phenoxy) is 4. The van der Waals surface area contributed by atoms with Crippen LogP contribution in [0.3, 0.4) is 0 Å². The van der Waals surface area contributed by atoms with Gasteiger partial charge in [-0.05, 0) is 35.9 Å². The van der Waals surface area contributed by atoms with Gasteiger partial charge in [0.2, 0.25) is 13.6 Å². The maximum atomic E-state index is 13.0. The zero-order valence-electron chi connectivity index (χ0n) is 13.3. The van der Waals surface area contributed by atoms with Gasteiger partial charge in [-0.3, -0.25) is 4.79 Å². The maximum absolute atomic E-state index is 13.0. The van der Waals surface area contributed by atoms with Gasteiger partial charge in [0, 0.05) is 17.9 Å². The van der Waals surface area contributed by atoms with Crippen molar-refractivity contribution < 1.29 is 23.7 Å². The van der Waals surface area contributed by atoms with E-state index in [2.05, 4.69) is 0 Å². The molecule has 0 aromatic heterocycles. The zero-order chi connectivity index (χ0) is 16.8. The van der Waals surface area contributed by atoms with Crippen LogP contribution in [0.25, 0.3) is 0 Å². The van der Waals surface area contributed by atoms with Crippen molar-refractivity contribution >= 4 is 17.7 Å². The van der Waals surface area contributed by atoms with E-state index in [-0.39, 0.29) is 24.9 Å². The molecule has 0 bridgehead atoms. The molecule has 6 nitrogen and oxygen atoms in total. The molecule has 0 aliphatic carbocycles. The summed E-state index contributed by atoms with van der Waals surface area (Å²) in [7, 11) is 0. The molecule has 0 spiro atoms. The molecule has 0 radical (unpaired) electrons. The van der Waals surface area contributed by atoms with Gasteiger partial charge in [0.1, 0.15) is 5.37 Å². The van der Waals surface area contributed by atoms with Crippen molar-refractivity contribution in [2.75, 3.05) is 25.9 Å². The average molecular weight is 357 g/mol. The van der Waals surface area contributed by atoms with E-state index >= 15 is 0 Å². The number of benzene rings is 2. The molecular formula is C18H15NO5S. The Balaban J connectivity index is 1.43. The lowest BCUT2D eigenvalue weighted by atomic mass is 10.1. The predicted octanol–water partition coefficient (Wildman–Crippen LogP) is 3.03. The molecule has 2 aromatic rings. The van der Waals surface area contributed by atoms with E-state index in [9.17, 15) is 4.79 Å². The fourth-order valence-electron chi connectivity index (χ4n) is 3.22. The zero-order valence-corrected chi connectivity index (χ0v) is 14.1. The summed E-state index contributed by atoms with van der Waals surface area (Å²) in [6.45, 7) is 1.15. The first-order chi connectivity index (χ1) is 12.3. The van der Waals surface area contributed by atoms with Gasteiger partial charge in [-0.15, -0.1) is 11.8 Å². The number of rotatable bonds is 2. The largest absolute Gasteiger partial charge is 0.454 e. The van der Waals surface area contributed by atoms with Crippen LogP contribution in [0, 0.1) is 0 Å². The van der Waals surface area contributed by atoms with Crippen molar-refractivity contribution in [3.05, 3.63) is 47.5 Å². The predicted molar refractivity (Wildman–Crippen MR) is 91.4 cm³/mol. The number of hydrogen-bond acceptors (Lipinski definition) is 6. The number of amides is 1. The highest BCUT2D eigenvalue weighted by atomic mass is 32.2. The molecule has 3 heterocycles. The highest BCUT2D eigenvalue weighted by Gasteiger charge is 2.33. The lowest BCUT2D eigenvalue weighted by Crippen LogP contribution is -2.30. The number of thioether (sulfide) groups is 1. The van der Waals surface area contributed by atoms with Crippen molar-refractivity contribution in [3.63, 3.8) is 0 Å². The normalized spacial score (nSPS) is 20.2. The molecule has 1 amide bonds. The van der Waals surface area contributed by atoms with Crippen LogP contribution in [0.1, 0.15) is 21.3 Å². The minimum Gasteiger partial charge on any atom is -0.454 e. The Morgan fingerprint density at radius 3 is 2.40 bits per heavy atom. The summed E-state index contributed by atoms with van der Waals surface area (Å²) in [6.07, 6.45) is 0. The quantitative estimate of drug-likeness (QED) is 0.823. The summed E-state index contributed by atoms with van der Waals surface area (Å²) >= 11 is 1.75. The molecule has 0 saturated carbocycles. The highest BCUT2D eigenvalue weighted by Crippen LogP contribution is 2.43. The van der Waals surface area contributed by atoms with Crippen LogP contribution in [0.15, 0.2) is 36.4 Å². The van der Waals surface area contributed by atoms with Crippen molar-refractivity contribution in [2.45, 2.75) is 5.37 Å². The summed E-state index contributed by atoms with van der Waals surface area (Å²) in [4.78, 5) is 14.9. The Labute approximate surface area is 148 Å². The van der Waals surface area contributed by atoms with Gasteiger partial charge in [-0.25, -0.2) is 0 Å². The SMILES string of the molecule is O=C(c1ccc2c(c1)OCO2)N1CCSC1c1ccc2c(c1)OCO2. The number of hydrogen-bond donors (Lipinski definition) is 0. The molecule has 7 heteroatoms. The van der Waals surface area contributed by atoms with E-state index in [4.69, 9.17) is 18.9 Å². The fraction of sp³-hybridized carbons (Fsp3) is 0.278. The van der Waals surface area contributed by atoms with Crippen LogP contribution >= 0.6 is 11.8 Å². The second-order valence-electron chi connectivity index (χ2n) is 5.90. The van der Waals surface area contributed by atoms with E-state index in [1.54, 1.807) is 30.0 Å². The Morgan fingerprint density at radius 1 is 0.920 bits per heavy atom. The minimum atomic E-state index is -0.0348. The molecule has 25 heavy (non-hydrogen) atoms. The first-order valence-electron chi connectivity index (χ1n) is 8.01. The first kappa shape index (κ1) is 14.8. The lowest BCUT2D eigenvalue weighted by molar-refractivity contribution is 0.0759. The second-order valence-corrected chi connectivity index (χ2v) is 7.09. The Morgan fingerprint density at radius 2 is 1.60 bits per heavy atom. The summed E-state index contributed by atoms with van der Waals surface area (Å²) in [5, 5.41) is -0.0348. The minimum absolute atomic E-state index is 0.00836. The highest BCUT2D eigenvalue weighted by molar-refractivity contribution is 7.99. The maximum Gasteiger partial charge on any atom is 0.255 e. The monoisotopic (exact) mass is 357 g/mol. The topological polar surface area (TPSA) is 57.2 Å². The summed E-state index contributed by atoms with van der Waals surface area (Å²) in [5.41, 5.74) is 1.65. The van der Waals surface area contributed by atoms with Gasteiger partial charge in [0.25, 0.3) is 5.91 Å². The molecule has 1 atom stereocenters. The standard InChI is InChI=1S/C18H15NO5S/c20-17(11-1-3-13-15(7-11)23-9-21-13)19-5-6-25-18(19)12-2-4-14-16(8-12)24-10-22-14/h1-4,7-8,18H,5-6,9-10H2. The Bertz CT molecular complexity index is 855. The van der Waals surface area contributed by atoms with E-state index in [1.807, 2.05) is 23.1 Å². The summed E-state index contributed by atoms with van der Waals surface area (Å²) in [5.74, 6) is 3.68. The lowest BCUT2D eigenvalue weighted by Gasteiger charge is -2.24. The molecule has 128 valence electrons.